The topological polar surface area (TPSA) is 12.0 Å². The quantitative estimate of drug-likeness (QED) is 0.808. The van der Waals surface area contributed by atoms with Crippen LogP contribution in [0.5, 0.6) is 0 Å². The summed E-state index contributed by atoms with van der Waals surface area (Å²) in [6.45, 7) is 3.24. The van der Waals surface area contributed by atoms with Gasteiger partial charge in [0.25, 0.3) is 0 Å². The van der Waals surface area contributed by atoms with E-state index in [1.165, 1.54) is 9.75 Å². The maximum Gasteiger partial charge on any atom is 0.0931 e. The molecule has 2 aromatic rings. The van der Waals surface area contributed by atoms with Crippen molar-refractivity contribution in [1.29, 1.82) is 0 Å². The van der Waals surface area contributed by atoms with Crippen LogP contribution in [0.25, 0.3) is 0 Å². The second kappa shape index (κ2) is 6.55. The molecule has 0 spiro atoms. The monoisotopic (exact) mass is 285 g/mol. The summed E-state index contributed by atoms with van der Waals surface area (Å²) in [5, 5.41) is 5.73. The molecule has 0 saturated heterocycles. The highest BCUT2D eigenvalue weighted by Crippen LogP contribution is 2.29. The molecule has 1 nitrogen and oxygen atoms in total. The van der Waals surface area contributed by atoms with Gasteiger partial charge in [0.15, 0.2) is 0 Å². The Kier molecular flexibility index (Phi) is 5.04. The Balaban J connectivity index is 2.07. The van der Waals surface area contributed by atoms with Gasteiger partial charge in [0.05, 0.1) is 4.34 Å². The van der Waals surface area contributed by atoms with Crippen molar-refractivity contribution in [2.75, 3.05) is 6.54 Å². The van der Waals surface area contributed by atoms with Gasteiger partial charge >= 0.3 is 0 Å². The largest absolute Gasteiger partial charge is 0.309 e. The summed E-state index contributed by atoms with van der Waals surface area (Å²) in [5.74, 6) is 0. The summed E-state index contributed by atoms with van der Waals surface area (Å²) in [5.41, 5.74) is 0. The first kappa shape index (κ1) is 13.1. The minimum atomic E-state index is 0.395. The highest BCUT2D eigenvalue weighted by Gasteiger charge is 2.14. The summed E-state index contributed by atoms with van der Waals surface area (Å²) >= 11 is 9.51. The molecule has 1 atom stereocenters. The summed E-state index contributed by atoms with van der Waals surface area (Å²) in [4.78, 5) is 2.75. The van der Waals surface area contributed by atoms with Gasteiger partial charge in [-0.05, 0) is 36.5 Å². The molecule has 0 aromatic carbocycles. The molecular weight excluding hydrogens is 270 g/mol. The summed E-state index contributed by atoms with van der Waals surface area (Å²) in [6.07, 6.45) is 2.20. The Labute approximate surface area is 115 Å². The minimum absolute atomic E-state index is 0.395. The average molecular weight is 286 g/mol. The van der Waals surface area contributed by atoms with E-state index >= 15 is 0 Å². The SMILES string of the molecule is CCCNC(Cc1cccs1)c1ccc(Cl)s1. The lowest BCUT2D eigenvalue weighted by molar-refractivity contribution is 0.539. The predicted molar refractivity (Wildman–Crippen MR) is 78.4 cm³/mol. The molecule has 0 amide bonds. The van der Waals surface area contributed by atoms with E-state index in [0.29, 0.717) is 6.04 Å². The zero-order valence-corrected chi connectivity index (χ0v) is 12.2. The Morgan fingerprint density at radius 1 is 1.35 bits per heavy atom. The van der Waals surface area contributed by atoms with Crippen molar-refractivity contribution in [2.45, 2.75) is 25.8 Å². The van der Waals surface area contributed by atoms with E-state index in [1.54, 1.807) is 11.3 Å². The van der Waals surface area contributed by atoms with Crippen molar-refractivity contribution in [1.82, 2.24) is 5.32 Å². The standard InChI is InChI=1S/C13H16ClNS2/c1-2-7-15-11(9-10-4-3-8-16-10)12-5-6-13(14)17-12/h3-6,8,11,15H,2,7,9H2,1H3. The van der Waals surface area contributed by atoms with Gasteiger partial charge in [-0.1, -0.05) is 24.6 Å². The zero-order chi connectivity index (χ0) is 12.1. The first-order valence-corrected chi connectivity index (χ1v) is 7.88. The smallest absolute Gasteiger partial charge is 0.0931 e. The van der Waals surface area contributed by atoms with Crippen LogP contribution in [0.15, 0.2) is 29.6 Å². The lowest BCUT2D eigenvalue weighted by Crippen LogP contribution is -2.22. The van der Waals surface area contributed by atoms with E-state index in [0.717, 1.165) is 23.7 Å². The van der Waals surface area contributed by atoms with Crippen LogP contribution < -0.4 is 5.32 Å². The lowest BCUT2D eigenvalue weighted by Gasteiger charge is -2.16. The highest BCUT2D eigenvalue weighted by molar-refractivity contribution is 7.16. The molecule has 0 aliphatic heterocycles. The molecule has 2 heterocycles. The van der Waals surface area contributed by atoms with Crippen LogP contribution >= 0.6 is 34.3 Å². The molecule has 17 heavy (non-hydrogen) atoms. The molecule has 0 aliphatic rings. The fraction of sp³-hybridized carbons (Fsp3) is 0.385. The number of nitrogens with one attached hydrogen (secondary N) is 1. The van der Waals surface area contributed by atoms with Crippen molar-refractivity contribution < 1.29 is 0 Å². The predicted octanol–water partition coefficient (Wildman–Crippen LogP) is 4.75. The van der Waals surface area contributed by atoms with Crippen LogP contribution in [-0.2, 0) is 6.42 Å². The van der Waals surface area contributed by atoms with Crippen LogP contribution in [0.4, 0.5) is 0 Å². The summed E-state index contributed by atoms with van der Waals surface area (Å²) in [6, 6.07) is 8.81. The molecule has 0 aliphatic carbocycles. The van der Waals surface area contributed by atoms with Crippen LogP contribution in [0.3, 0.4) is 0 Å². The number of hydrogen-bond donors (Lipinski definition) is 1. The molecule has 1 N–H and O–H groups in total. The van der Waals surface area contributed by atoms with E-state index in [-0.39, 0.29) is 0 Å². The van der Waals surface area contributed by atoms with Gasteiger partial charge in [0.1, 0.15) is 0 Å². The Bertz CT molecular complexity index is 436. The van der Waals surface area contributed by atoms with Gasteiger partial charge in [-0.25, -0.2) is 0 Å². The van der Waals surface area contributed by atoms with E-state index in [4.69, 9.17) is 11.6 Å². The van der Waals surface area contributed by atoms with Crippen molar-refractivity contribution in [2.24, 2.45) is 0 Å². The first-order chi connectivity index (χ1) is 8.29. The maximum atomic E-state index is 6.01. The van der Waals surface area contributed by atoms with E-state index in [2.05, 4.69) is 35.8 Å². The van der Waals surface area contributed by atoms with Gasteiger partial charge in [0.2, 0.25) is 0 Å². The molecule has 4 heteroatoms. The third kappa shape index (κ3) is 3.81. The third-order valence-electron chi connectivity index (χ3n) is 2.56. The second-order valence-electron chi connectivity index (χ2n) is 3.93. The number of thiophene rings is 2. The van der Waals surface area contributed by atoms with Crippen LogP contribution in [-0.4, -0.2) is 6.54 Å². The molecule has 0 bridgehead atoms. The molecule has 0 saturated carbocycles. The molecular formula is C13H16ClNS2. The molecule has 1 unspecified atom stereocenters. The fourth-order valence-corrected chi connectivity index (χ4v) is 3.63. The molecule has 2 aromatic heterocycles. The average Bonchev–Trinajstić information content (AvgIpc) is 2.95. The summed E-state index contributed by atoms with van der Waals surface area (Å²) in [7, 11) is 0. The number of rotatable bonds is 6. The third-order valence-corrected chi connectivity index (χ3v) is 4.81. The lowest BCUT2D eigenvalue weighted by atomic mass is 10.1. The van der Waals surface area contributed by atoms with Crippen LogP contribution in [0, 0.1) is 0 Å². The first-order valence-electron chi connectivity index (χ1n) is 5.80. The Morgan fingerprint density at radius 3 is 2.82 bits per heavy atom. The highest BCUT2D eigenvalue weighted by atomic mass is 35.5. The van der Waals surface area contributed by atoms with Crippen molar-refractivity contribution in [3.63, 3.8) is 0 Å². The zero-order valence-electron chi connectivity index (χ0n) is 9.78. The normalized spacial score (nSPS) is 12.8. The molecule has 0 fully saturated rings. The van der Waals surface area contributed by atoms with Gasteiger partial charge in [-0.3, -0.25) is 0 Å². The van der Waals surface area contributed by atoms with E-state index in [1.807, 2.05) is 17.4 Å². The maximum absolute atomic E-state index is 6.01. The van der Waals surface area contributed by atoms with Crippen LogP contribution in [0.2, 0.25) is 4.34 Å². The van der Waals surface area contributed by atoms with E-state index in [9.17, 15) is 0 Å². The number of hydrogen-bond acceptors (Lipinski definition) is 3. The van der Waals surface area contributed by atoms with Crippen molar-refractivity contribution in [3.05, 3.63) is 43.7 Å². The van der Waals surface area contributed by atoms with E-state index < -0.39 is 0 Å². The number of halogens is 1. The molecule has 0 radical (unpaired) electrons. The summed E-state index contributed by atoms with van der Waals surface area (Å²) < 4.78 is 0.870. The Hall–Kier alpha value is -0.350. The van der Waals surface area contributed by atoms with Gasteiger partial charge in [-0.15, -0.1) is 22.7 Å². The van der Waals surface area contributed by atoms with Gasteiger partial charge in [-0.2, -0.15) is 0 Å². The second-order valence-corrected chi connectivity index (χ2v) is 6.71. The van der Waals surface area contributed by atoms with Crippen LogP contribution in [0.1, 0.15) is 29.1 Å². The van der Waals surface area contributed by atoms with Crippen molar-refractivity contribution in [3.8, 4) is 0 Å². The molecule has 92 valence electrons. The molecule has 2 rings (SSSR count). The van der Waals surface area contributed by atoms with Gasteiger partial charge < -0.3 is 5.32 Å². The minimum Gasteiger partial charge on any atom is -0.309 e. The fourth-order valence-electron chi connectivity index (χ4n) is 1.74. The van der Waals surface area contributed by atoms with Gasteiger partial charge in [0, 0.05) is 22.2 Å². The Morgan fingerprint density at radius 2 is 2.24 bits per heavy atom. The van der Waals surface area contributed by atoms with Crippen molar-refractivity contribution >= 4 is 34.3 Å².